The molecule has 1 heterocycles. The van der Waals surface area contributed by atoms with Gasteiger partial charge in [0.2, 0.25) is 5.91 Å². The number of hydrogen-bond donors (Lipinski definition) is 1. The largest absolute Gasteiger partial charge is 0.370 e. The summed E-state index contributed by atoms with van der Waals surface area (Å²) in [7, 11) is 0. The van der Waals surface area contributed by atoms with E-state index >= 15 is 0 Å². The highest BCUT2D eigenvalue weighted by molar-refractivity contribution is 5.95. The lowest BCUT2D eigenvalue weighted by molar-refractivity contribution is -0.120. The fourth-order valence-electron chi connectivity index (χ4n) is 3.62. The molecule has 4 heteroatoms. The molecule has 0 spiro atoms. The molecule has 1 saturated carbocycles. The van der Waals surface area contributed by atoms with Crippen LogP contribution in [0.4, 0.5) is 15.8 Å². The van der Waals surface area contributed by atoms with Crippen LogP contribution in [0.3, 0.4) is 0 Å². The maximum absolute atomic E-state index is 13.6. The number of anilines is 2. The molecule has 1 aromatic carbocycles. The van der Waals surface area contributed by atoms with Crippen LogP contribution in [0.1, 0.15) is 51.4 Å². The molecule has 1 aromatic rings. The number of carbonyl (C=O) groups excluding carboxylic acids is 1. The van der Waals surface area contributed by atoms with Crippen LogP contribution in [-0.4, -0.2) is 19.0 Å². The normalized spacial score (nSPS) is 20.0. The van der Waals surface area contributed by atoms with Gasteiger partial charge in [-0.2, -0.15) is 0 Å². The summed E-state index contributed by atoms with van der Waals surface area (Å²) in [5.41, 5.74) is 1.60. The summed E-state index contributed by atoms with van der Waals surface area (Å²) >= 11 is 0. The van der Waals surface area contributed by atoms with Gasteiger partial charge in [0.1, 0.15) is 5.82 Å². The first-order valence-electron chi connectivity index (χ1n) is 8.59. The number of nitrogens with zero attached hydrogens (tertiary/aromatic N) is 1. The zero-order chi connectivity index (χ0) is 15.4. The van der Waals surface area contributed by atoms with Crippen molar-refractivity contribution in [3.63, 3.8) is 0 Å². The van der Waals surface area contributed by atoms with Crippen LogP contribution < -0.4 is 10.2 Å². The molecule has 120 valence electrons. The molecule has 3 rings (SSSR count). The number of benzene rings is 1. The van der Waals surface area contributed by atoms with E-state index in [1.165, 1.54) is 25.0 Å². The number of hydrogen-bond acceptors (Lipinski definition) is 2. The van der Waals surface area contributed by atoms with Crippen molar-refractivity contribution in [1.82, 2.24) is 0 Å². The van der Waals surface area contributed by atoms with Crippen molar-refractivity contribution in [1.29, 1.82) is 0 Å². The van der Waals surface area contributed by atoms with E-state index in [0.717, 1.165) is 57.3 Å². The molecular formula is C18H25FN2O. The maximum atomic E-state index is 13.6. The van der Waals surface area contributed by atoms with Gasteiger partial charge in [-0.15, -0.1) is 0 Å². The average molecular weight is 304 g/mol. The van der Waals surface area contributed by atoms with E-state index in [4.69, 9.17) is 0 Å². The van der Waals surface area contributed by atoms with Crippen molar-refractivity contribution in [2.75, 3.05) is 23.3 Å². The Kier molecular flexibility index (Phi) is 4.96. The minimum Gasteiger partial charge on any atom is -0.370 e. The van der Waals surface area contributed by atoms with Gasteiger partial charge in [-0.3, -0.25) is 4.79 Å². The van der Waals surface area contributed by atoms with Crippen LogP contribution >= 0.6 is 0 Å². The zero-order valence-electron chi connectivity index (χ0n) is 13.1. The Morgan fingerprint density at radius 1 is 1.05 bits per heavy atom. The van der Waals surface area contributed by atoms with E-state index < -0.39 is 0 Å². The number of nitrogens with one attached hydrogen (secondary N) is 1. The third-order valence-electron chi connectivity index (χ3n) is 4.89. The van der Waals surface area contributed by atoms with Gasteiger partial charge in [0.25, 0.3) is 0 Å². The second-order valence-corrected chi connectivity index (χ2v) is 6.53. The summed E-state index contributed by atoms with van der Waals surface area (Å²) in [5.74, 6) is -0.144. The molecule has 22 heavy (non-hydrogen) atoms. The molecule has 0 unspecified atom stereocenters. The third-order valence-corrected chi connectivity index (χ3v) is 4.89. The van der Waals surface area contributed by atoms with Crippen LogP contribution in [0.2, 0.25) is 0 Å². The number of rotatable bonds is 3. The molecule has 0 aromatic heterocycles. The van der Waals surface area contributed by atoms with Gasteiger partial charge in [-0.05, 0) is 50.3 Å². The van der Waals surface area contributed by atoms with Crippen molar-refractivity contribution in [2.24, 2.45) is 5.92 Å². The molecule has 2 fully saturated rings. The van der Waals surface area contributed by atoms with Gasteiger partial charge in [-0.1, -0.05) is 19.3 Å². The van der Waals surface area contributed by atoms with Crippen LogP contribution in [-0.2, 0) is 4.79 Å². The van der Waals surface area contributed by atoms with Gasteiger partial charge in [-0.25, -0.2) is 4.39 Å². The van der Waals surface area contributed by atoms with Crippen molar-refractivity contribution >= 4 is 17.3 Å². The Bertz CT molecular complexity index is 520. The highest BCUT2D eigenvalue weighted by Crippen LogP contribution is 2.31. The number of halogens is 1. The summed E-state index contributed by atoms with van der Waals surface area (Å²) in [6.45, 7) is 1.97. The summed E-state index contributed by atoms with van der Waals surface area (Å²) in [6.07, 6.45) is 8.96. The van der Waals surface area contributed by atoms with Gasteiger partial charge < -0.3 is 10.2 Å². The average Bonchev–Trinajstić information content (AvgIpc) is 2.56. The highest BCUT2D eigenvalue weighted by atomic mass is 19.1. The van der Waals surface area contributed by atoms with Crippen molar-refractivity contribution in [3.8, 4) is 0 Å². The van der Waals surface area contributed by atoms with E-state index in [-0.39, 0.29) is 17.6 Å². The smallest absolute Gasteiger partial charge is 0.227 e. The van der Waals surface area contributed by atoms with E-state index in [9.17, 15) is 9.18 Å². The van der Waals surface area contributed by atoms with Crippen LogP contribution in [0, 0.1) is 11.7 Å². The fraction of sp³-hybridized carbons (Fsp3) is 0.611. The first-order chi connectivity index (χ1) is 10.7. The first-order valence-corrected chi connectivity index (χ1v) is 8.59. The minimum absolute atomic E-state index is 0.0589. The lowest BCUT2D eigenvalue weighted by Gasteiger charge is -2.31. The Morgan fingerprint density at radius 3 is 2.45 bits per heavy atom. The predicted molar refractivity (Wildman–Crippen MR) is 87.7 cm³/mol. The zero-order valence-corrected chi connectivity index (χ0v) is 13.1. The van der Waals surface area contributed by atoms with Gasteiger partial charge >= 0.3 is 0 Å². The maximum Gasteiger partial charge on any atom is 0.227 e. The topological polar surface area (TPSA) is 32.3 Å². The molecule has 0 bridgehead atoms. The van der Waals surface area contributed by atoms with Crippen LogP contribution in [0.5, 0.6) is 0 Å². The van der Waals surface area contributed by atoms with E-state index in [1.807, 2.05) is 0 Å². The fourth-order valence-corrected chi connectivity index (χ4v) is 3.62. The van der Waals surface area contributed by atoms with Gasteiger partial charge in [0, 0.05) is 19.0 Å². The van der Waals surface area contributed by atoms with E-state index in [1.54, 1.807) is 6.07 Å². The van der Waals surface area contributed by atoms with Crippen LogP contribution in [0.25, 0.3) is 0 Å². The minimum atomic E-state index is -0.292. The number of amides is 1. The monoisotopic (exact) mass is 304 g/mol. The molecule has 1 saturated heterocycles. The Hall–Kier alpha value is -1.58. The standard InChI is InChI=1S/C18H25FN2O/c19-15-9-10-17(21-11-5-2-6-12-21)16(13-15)20-18(22)14-7-3-1-4-8-14/h9-10,13-14H,1-8,11-12H2,(H,20,22). The molecule has 1 aliphatic heterocycles. The number of carbonyl (C=O) groups is 1. The summed E-state index contributed by atoms with van der Waals surface area (Å²) < 4.78 is 13.6. The summed E-state index contributed by atoms with van der Waals surface area (Å²) in [4.78, 5) is 14.7. The summed E-state index contributed by atoms with van der Waals surface area (Å²) in [5, 5.41) is 3.00. The van der Waals surface area contributed by atoms with Crippen molar-refractivity contribution < 1.29 is 9.18 Å². The molecular weight excluding hydrogens is 279 g/mol. The first kappa shape index (κ1) is 15.3. The van der Waals surface area contributed by atoms with Gasteiger partial charge in [0.05, 0.1) is 11.4 Å². The SMILES string of the molecule is O=C(Nc1cc(F)ccc1N1CCCCC1)C1CCCCC1. The Morgan fingerprint density at radius 2 is 1.73 bits per heavy atom. The molecule has 1 aliphatic carbocycles. The van der Waals surface area contributed by atoms with Crippen molar-refractivity contribution in [2.45, 2.75) is 51.4 Å². The second kappa shape index (κ2) is 7.12. The Balaban J connectivity index is 1.76. The van der Waals surface area contributed by atoms with Gasteiger partial charge in [0.15, 0.2) is 0 Å². The predicted octanol–water partition coefficient (Wildman–Crippen LogP) is 4.33. The quantitative estimate of drug-likeness (QED) is 0.901. The number of piperidine rings is 1. The molecule has 1 amide bonds. The second-order valence-electron chi connectivity index (χ2n) is 6.53. The Labute approximate surface area is 131 Å². The molecule has 3 nitrogen and oxygen atoms in total. The lowest BCUT2D eigenvalue weighted by atomic mass is 9.88. The lowest BCUT2D eigenvalue weighted by Crippen LogP contribution is -2.31. The summed E-state index contributed by atoms with van der Waals surface area (Å²) in [6, 6.07) is 4.75. The molecule has 1 N–H and O–H groups in total. The van der Waals surface area contributed by atoms with Crippen molar-refractivity contribution in [3.05, 3.63) is 24.0 Å². The van der Waals surface area contributed by atoms with E-state index in [0.29, 0.717) is 5.69 Å². The van der Waals surface area contributed by atoms with E-state index in [2.05, 4.69) is 10.2 Å². The highest BCUT2D eigenvalue weighted by Gasteiger charge is 2.23. The third kappa shape index (κ3) is 3.60. The molecule has 2 aliphatic rings. The molecule has 0 radical (unpaired) electrons. The van der Waals surface area contributed by atoms with Crippen LogP contribution in [0.15, 0.2) is 18.2 Å². The molecule has 0 atom stereocenters.